The van der Waals surface area contributed by atoms with Gasteiger partial charge >= 0.3 is 0 Å². The van der Waals surface area contributed by atoms with Gasteiger partial charge in [0.2, 0.25) is 0 Å². The second kappa shape index (κ2) is 10.1. The molecule has 0 radical (unpaired) electrons. The maximum Gasteiger partial charge on any atom is 0.292 e. The van der Waals surface area contributed by atoms with Crippen LogP contribution in [0.5, 0.6) is 0 Å². The van der Waals surface area contributed by atoms with Gasteiger partial charge < -0.3 is 20.9 Å². The summed E-state index contributed by atoms with van der Waals surface area (Å²) in [4.78, 5) is 13.1. The first kappa shape index (κ1) is 17.7. The van der Waals surface area contributed by atoms with Gasteiger partial charge in [0.25, 0.3) is 5.69 Å². The minimum atomic E-state index is -0.294. The molecule has 0 saturated carbocycles. The highest BCUT2D eigenvalue weighted by Gasteiger charge is 2.18. The minimum Gasteiger partial charge on any atom is -0.365 e. The number of nitro groups is 1. The van der Waals surface area contributed by atoms with Crippen LogP contribution in [0.3, 0.4) is 0 Å². The van der Waals surface area contributed by atoms with Crippen molar-refractivity contribution in [2.45, 2.75) is 12.8 Å². The van der Waals surface area contributed by atoms with E-state index in [1.54, 1.807) is 12.1 Å². The quantitative estimate of drug-likeness (QED) is 0.556. The summed E-state index contributed by atoms with van der Waals surface area (Å²) in [5.74, 6) is 0. The van der Waals surface area contributed by atoms with Crippen molar-refractivity contribution in [3.05, 3.63) is 34.4 Å². The van der Waals surface area contributed by atoms with Gasteiger partial charge in [0.05, 0.1) is 4.92 Å². The molecule has 23 heavy (non-hydrogen) atoms. The van der Waals surface area contributed by atoms with Crippen LogP contribution in [-0.2, 0) is 0 Å². The molecule has 1 fully saturated rings. The van der Waals surface area contributed by atoms with Gasteiger partial charge in [-0.15, -0.1) is 0 Å². The lowest BCUT2D eigenvalue weighted by Gasteiger charge is -2.25. The Balaban J connectivity index is 2.02. The Hall–Kier alpha value is -1.70. The molecule has 1 aliphatic rings. The molecule has 2 rings (SSSR count). The largest absolute Gasteiger partial charge is 0.365 e. The Morgan fingerprint density at radius 3 is 2.26 bits per heavy atom. The lowest BCUT2D eigenvalue weighted by Crippen LogP contribution is -2.37. The summed E-state index contributed by atoms with van der Waals surface area (Å²) in [6, 6.07) is 7.01. The molecule has 0 bridgehead atoms. The molecule has 1 aromatic rings. The Morgan fingerprint density at radius 2 is 1.52 bits per heavy atom. The van der Waals surface area contributed by atoms with Gasteiger partial charge in [0.1, 0.15) is 5.69 Å². The van der Waals surface area contributed by atoms with Gasteiger partial charge in [-0.2, -0.15) is 0 Å². The van der Waals surface area contributed by atoms with Crippen LogP contribution in [0.4, 0.5) is 11.4 Å². The van der Waals surface area contributed by atoms with Crippen molar-refractivity contribution in [3.8, 4) is 0 Å². The number of nitro benzene ring substituents is 1. The van der Waals surface area contributed by atoms with Gasteiger partial charge in [-0.05, 0) is 38.5 Å². The topological polar surface area (TPSA) is 82.5 Å². The van der Waals surface area contributed by atoms with Crippen molar-refractivity contribution in [3.63, 3.8) is 0 Å². The summed E-state index contributed by atoms with van der Waals surface area (Å²) in [7, 11) is 0. The molecule has 0 unspecified atom stereocenters. The van der Waals surface area contributed by atoms with E-state index in [1.165, 1.54) is 0 Å². The van der Waals surface area contributed by atoms with E-state index in [2.05, 4.69) is 20.9 Å². The van der Waals surface area contributed by atoms with Gasteiger partial charge in [-0.3, -0.25) is 10.1 Å². The Morgan fingerprint density at radius 1 is 0.870 bits per heavy atom. The van der Waals surface area contributed by atoms with E-state index in [0.29, 0.717) is 5.69 Å². The van der Waals surface area contributed by atoms with Crippen LogP contribution in [-0.4, -0.2) is 57.3 Å². The fourth-order valence-electron chi connectivity index (χ4n) is 2.74. The van der Waals surface area contributed by atoms with Crippen molar-refractivity contribution >= 4 is 11.4 Å². The third-order valence-corrected chi connectivity index (χ3v) is 3.94. The number of benzene rings is 1. The predicted molar refractivity (Wildman–Crippen MR) is 93.2 cm³/mol. The van der Waals surface area contributed by atoms with E-state index in [9.17, 15) is 10.1 Å². The van der Waals surface area contributed by atoms with Crippen molar-refractivity contribution in [2.75, 3.05) is 57.3 Å². The fourth-order valence-corrected chi connectivity index (χ4v) is 2.74. The van der Waals surface area contributed by atoms with Crippen LogP contribution in [0.1, 0.15) is 12.8 Å². The van der Waals surface area contributed by atoms with Crippen LogP contribution in [0.25, 0.3) is 0 Å². The standard InChI is InChI=1S/C16H27N5O2/c22-21(23)16-6-2-1-5-15(16)20-13-4-9-18-11-10-17-7-3-8-19-12-14-20/h1-2,5-6,17-19H,3-4,7-14H2. The predicted octanol–water partition coefficient (Wildman–Crippen LogP) is 0.964. The highest BCUT2D eigenvalue weighted by Crippen LogP contribution is 2.27. The van der Waals surface area contributed by atoms with Crippen molar-refractivity contribution in [2.24, 2.45) is 0 Å². The highest BCUT2D eigenvalue weighted by molar-refractivity contribution is 5.63. The minimum absolute atomic E-state index is 0.186. The number of nitrogens with one attached hydrogen (secondary N) is 3. The molecule has 0 aliphatic carbocycles. The number of hydrogen-bond acceptors (Lipinski definition) is 6. The lowest BCUT2D eigenvalue weighted by molar-refractivity contribution is -0.384. The van der Waals surface area contributed by atoms with Gasteiger partial charge in [-0.25, -0.2) is 0 Å². The molecule has 0 amide bonds. The van der Waals surface area contributed by atoms with E-state index < -0.39 is 0 Å². The van der Waals surface area contributed by atoms with Crippen LogP contribution in [0.15, 0.2) is 24.3 Å². The number of anilines is 1. The molecule has 0 aromatic heterocycles. The van der Waals surface area contributed by atoms with Gasteiger partial charge in [0, 0.05) is 38.8 Å². The Kier molecular flexibility index (Phi) is 7.79. The third-order valence-electron chi connectivity index (χ3n) is 3.94. The fraction of sp³-hybridized carbons (Fsp3) is 0.625. The van der Waals surface area contributed by atoms with E-state index in [4.69, 9.17) is 0 Å². The Labute approximate surface area is 137 Å². The summed E-state index contributed by atoms with van der Waals surface area (Å²) in [5, 5.41) is 21.5. The number of rotatable bonds is 2. The van der Waals surface area contributed by atoms with Crippen molar-refractivity contribution in [1.82, 2.24) is 16.0 Å². The third kappa shape index (κ3) is 6.13. The second-order valence-corrected chi connectivity index (χ2v) is 5.69. The van der Waals surface area contributed by atoms with E-state index in [0.717, 1.165) is 65.2 Å². The zero-order valence-corrected chi connectivity index (χ0v) is 13.6. The summed E-state index contributed by atoms with van der Waals surface area (Å²) in [6.45, 7) is 7.26. The summed E-state index contributed by atoms with van der Waals surface area (Å²) in [6.07, 6.45) is 2.05. The number of hydrogen-bond donors (Lipinski definition) is 3. The molecule has 1 aliphatic heterocycles. The first-order valence-corrected chi connectivity index (χ1v) is 8.39. The van der Waals surface area contributed by atoms with Gasteiger partial charge in [0.15, 0.2) is 0 Å². The van der Waals surface area contributed by atoms with E-state index in [1.807, 2.05) is 12.1 Å². The molecule has 128 valence electrons. The van der Waals surface area contributed by atoms with Crippen molar-refractivity contribution < 1.29 is 4.92 Å². The highest BCUT2D eigenvalue weighted by atomic mass is 16.6. The maximum atomic E-state index is 11.3. The van der Waals surface area contributed by atoms with Crippen LogP contribution in [0, 0.1) is 10.1 Å². The molecule has 0 spiro atoms. The zero-order valence-electron chi connectivity index (χ0n) is 13.6. The molecule has 3 N–H and O–H groups in total. The molecular weight excluding hydrogens is 294 g/mol. The summed E-state index contributed by atoms with van der Waals surface area (Å²) in [5.41, 5.74) is 0.902. The second-order valence-electron chi connectivity index (χ2n) is 5.69. The number of nitrogens with zero attached hydrogens (tertiary/aromatic N) is 2. The molecule has 7 nitrogen and oxygen atoms in total. The van der Waals surface area contributed by atoms with E-state index in [-0.39, 0.29) is 10.6 Å². The van der Waals surface area contributed by atoms with Crippen LogP contribution >= 0.6 is 0 Å². The Bertz CT molecular complexity index is 469. The lowest BCUT2D eigenvalue weighted by atomic mass is 10.2. The molecule has 7 heteroatoms. The van der Waals surface area contributed by atoms with Crippen LogP contribution < -0.4 is 20.9 Å². The molecule has 0 atom stereocenters. The average molecular weight is 321 g/mol. The summed E-state index contributed by atoms with van der Waals surface area (Å²) < 4.78 is 0. The zero-order chi connectivity index (χ0) is 16.3. The molecule has 1 aromatic carbocycles. The SMILES string of the molecule is O=[N+]([O-])c1ccccc1N1CCCNCCNCCCNCC1. The smallest absolute Gasteiger partial charge is 0.292 e. The average Bonchev–Trinajstić information content (AvgIpc) is 2.57. The van der Waals surface area contributed by atoms with Crippen molar-refractivity contribution in [1.29, 1.82) is 0 Å². The molecule has 1 saturated heterocycles. The monoisotopic (exact) mass is 321 g/mol. The molecular formula is C16H27N5O2. The summed E-state index contributed by atoms with van der Waals surface area (Å²) >= 11 is 0. The molecule has 1 heterocycles. The first-order chi connectivity index (χ1) is 11.3. The maximum absolute atomic E-state index is 11.3. The number of para-hydroxylation sites is 2. The van der Waals surface area contributed by atoms with Gasteiger partial charge in [-0.1, -0.05) is 12.1 Å². The van der Waals surface area contributed by atoms with E-state index >= 15 is 0 Å². The first-order valence-electron chi connectivity index (χ1n) is 8.39. The van der Waals surface area contributed by atoms with Crippen LogP contribution in [0.2, 0.25) is 0 Å². The normalized spacial score (nSPS) is 19.0.